The lowest BCUT2D eigenvalue weighted by atomic mass is 12.0. The Kier molecular flexibility index (Phi) is 5.38. The third-order valence-corrected chi connectivity index (χ3v) is 7.79. The van der Waals surface area contributed by atoms with E-state index in [1.54, 1.807) is 0 Å². The summed E-state index contributed by atoms with van der Waals surface area (Å²) in [7, 11) is -17.4. The molecule has 104 valence electrons. The number of hydrogen-bond donors (Lipinski definition) is 7. The maximum Gasteiger partial charge on any atom is 0.479 e. The standard InChI is InChI=1S/C2H13N3O8P2S2/c1-16(10,11)4-14(6,7)3-15(8,9)5-17(2,12)13/h3-9H,1-2H3/q+2. The summed E-state index contributed by atoms with van der Waals surface area (Å²) in [5.74, 6) is 0. The Morgan fingerprint density at radius 3 is 1.18 bits per heavy atom. The zero-order valence-corrected chi connectivity index (χ0v) is 12.1. The van der Waals surface area contributed by atoms with E-state index >= 15 is 0 Å². The van der Waals surface area contributed by atoms with Gasteiger partial charge in [0.25, 0.3) is 0 Å². The molecular weight excluding hydrogens is 320 g/mol. The summed E-state index contributed by atoms with van der Waals surface area (Å²) >= 11 is 0. The smallest absolute Gasteiger partial charge is 0.209 e. The predicted molar refractivity (Wildman–Crippen MR) is 61.8 cm³/mol. The van der Waals surface area contributed by atoms with Crippen molar-refractivity contribution in [2.45, 2.75) is 0 Å². The molecule has 15 heteroatoms. The van der Waals surface area contributed by atoms with Crippen molar-refractivity contribution in [3.05, 3.63) is 0 Å². The number of nitrogens with one attached hydrogen (secondary N) is 3. The van der Waals surface area contributed by atoms with E-state index in [-0.39, 0.29) is 0 Å². The van der Waals surface area contributed by atoms with E-state index in [0.29, 0.717) is 12.5 Å². The van der Waals surface area contributed by atoms with Gasteiger partial charge >= 0.3 is 16.0 Å². The zero-order valence-electron chi connectivity index (χ0n) is 8.63. The van der Waals surface area contributed by atoms with Gasteiger partial charge in [0.05, 0.1) is 17.4 Å². The zero-order chi connectivity index (χ0) is 14.1. The second kappa shape index (κ2) is 5.23. The van der Waals surface area contributed by atoms with Gasteiger partial charge in [0.15, 0.2) is 0 Å². The van der Waals surface area contributed by atoms with Gasteiger partial charge in [-0.25, -0.2) is 16.8 Å². The first-order valence-electron chi connectivity index (χ1n) is 3.59. The van der Waals surface area contributed by atoms with E-state index in [2.05, 4.69) is 0 Å². The van der Waals surface area contributed by atoms with Crippen LogP contribution in [0.4, 0.5) is 0 Å². The van der Waals surface area contributed by atoms with Crippen LogP contribution in [0.25, 0.3) is 0 Å². The summed E-state index contributed by atoms with van der Waals surface area (Å²) in [6.07, 6.45) is 1.18. The number of sulfonamides is 2. The molecule has 0 aromatic heterocycles. The topological polar surface area (TPSA) is 185 Å². The molecule has 0 amide bonds. The molecule has 0 aliphatic rings. The third kappa shape index (κ3) is 10.1. The fourth-order valence-corrected chi connectivity index (χ4v) is 7.01. The summed E-state index contributed by atoms with van der Waals surface area (Å²) in [5, 5.41) is 0. The molecule has 0 bridgehead atoms. The van der Waals surface area contributed by atoms with Crippen molar-refractivity contribution < 1.29 is 36.4 Å². The van der Waals surface area contributed by atoms with Crippen molar-refractivity contribution in [2.24, 2.45) is 0 Å². The van der Waals surface area contributed by atoms with Gasteiger partial charge in [0.1, 0.15) is 0 Å². The summed E-state index contributed by atoms with van der Waals surface area (Å²) in [4.78, 5) is 37.8. The van der Waals surface area contributed by atoms with Gasteiger partial charge in [0.2, 0.25) is 20.0 Å². The molecule has 0 fully saturated rings. The highest BCUT2D eigenvalue weighted by Crippen LogP contribution is 2.55. The maximum absolute atomic E-state index is 10.7. The second-order valence-corrected chi connectivity index (χ2v) is 10.8. The lowest BCUT2D eigenvalue weighted by Gasteiger charge is -2.14. The molecule has 0 aromatic carbocycles. The van der Waals surface area contributed by atoms with Gasteiger partial charge in [-0.3, -0.25) is 0 Å². The minimum absolute atomic E-state index is 0.592. The molecule has 0 aliphatic heterocycles. The first-order chi connectivity index (χ1) is 7.12. The molecule has 0 radical (unpaired) electrons. The highest BCUT2D eigenvalue weighted by atomic mass is 32.2. The van der Waals surface area contributed by atoms with E-state index in [9.17, 15) is 16.8 Å². The molecular formula is C2H13N3O8P2S2+2. The van der Waals surface area contributed by atoms with Gasteiger partial charge in [0, 0.05) is 0 Å². The lowest BCUT2D eigenvalue weighted by molar-refractivity contribution is 0.405. The van der Waals surface area contributed by atoms with Crippen LogP contribution in [0, 0.1) is 0 Å². The van der Waals surface area contributed by atoms with Crippen molar-refractivity contribution in [1.82, 2.24) is 13.8 Å². The normalized spacial score (nSPS) is 14.9. The van der Waals surface area contributed by atoms with Crippen LogP contribution in [0.1, 0.15) is 0 Å². The quantitative estimate of drug-likeness (QED) is 0.249. The van der Waals surface area contributed by atoms with Crippen LogP contribution in [-0.2, 0) is 20.0 Å². The Morgan fingerprint density at radius 1 is 0.765 bits per heavy atom. The second-order valence-electron chi connectivity index (χ2n) is 3.03. The monoisotopic (exact) mass is 333 g/mol. The Hall–Kier alpha value is 0.480. The minimum Gasteiger partial charge on any atom is -0.209 e. The summed E-state index contributed by atoms with van der Waals surface area (Å²) in [6, 6.07) is 0. The molecule has 0 atom stereocenters. The van der Waals surface area contributed by atoms with Gasteiger partial charge in [-0.2, -0.15) is 19.6 Å². The van der Waals surface area contributed by atoms with E-state index in [1.165, 1.54) is 13.8 Å². The van der Waals surface area contributed by atoms with Crippen molar-refractivity contribution in [3.63, 3.8) is 0 Å². The van der Waals surface area contributed by atoms with Crippen LogP contribution in [0.2, 0.25) is 0 Å². The van der Waals surface area contributed by atoms with Crippen molar-refractivity contribution in [1.29, 1.82) is 0 Å². The molecule has 0 saturated carbocycles. The maximum atomic E-state index is 10.7. The van der Waals surface area contributed by atoms with Crippen molar-refractivity contribution in [2.75, 3.05) is 12.5 Å². The van der Waals surface area contributed by atoms with Gasteiger partial charge in [-0.1, -0.05) is 0 Å². The first kappa shape index (κ1) is 17.5. The highest BCUT2D eigenvalue weighted by molar-refractivity contribution is 7.99. The van der Waals surface area contributed by atoms with Crippen LogP contribution in [0.3, 0.4) is 0 Å². The molecule has 0 spiro atoms. The SMILES string of the molecule is CS(=O)(=O)N[P+](O)(O)N[P+](O)(O)NS(C)(=O)=O. The van der Waals surface area contributed by atoms with Gasteiger partial charge in [-0.15, -0.1) is 0 Å². The van der Waals surface area contributed by atoms with Gasteiger partial charge < -0.3 is 0 Å². The van der Waals surface area contributed by atoms with Crippen molar-refractivity contribution in [3.8, 4) is 0 Å². The molecule has 0 aromatic rings. The van der Waals surface area contributed by atoms with E-state index in [4.69, 9.17) is 19.6 Å². The van der Waals surface area contributed by atoms with E-state index in [0.717, 1.165) is 0 Å². The Balaban J connectivity index is 4.82. The van der Waals surface area contributed by atoms with Gasteiger partial charge in [-0.05, 0) is 8.99 Å². The number of hydrogen-bond acceptors (Lipinski definition) is 9. The molecule has 0 saturated heterocycles. The Labute approximate surface area is 99.2 Å². The van der Waals surface area contributed by atoms with Crippen LogP contribution < -0.4 is 13.8 Å². The predicted octanol–water partition coefficient (Wildman–Crippen LogP) is -3.00. The molecule has 0 heterocycles. The lowest BCUT2D eigenvalue weighted by Crippen LogP contribution is -2.36. The molecule has 0 rings (SSSR count). The summed E-state index contributed by atoms with van der Waals surface area (Å²) in [6.45, 7) is 0. The average Bonchev–Trinajstić information content (AvgIpc) is 1.65. The number of rotatable bonds is 6. The largest absolute Gasteiger partial charge is 0.479 e. The summed E-state index contributed by atoms with van der Waals surface area (Å²) in [5.41, 5.74) is 0. The molecule has 17 heavy (non-hydrogen) atoms. The molecule has 11 nitrogen and oxygen atoms in total. The van der Waals surface area contributed by atoms with Crippen LogP contribution >= 0.6 is 16.0 Å². The fraction of sp³-hybridized carbons (Fsp3) is 1.00. The van der Waals surface area contributed by atoms with E-state index < -0.39 is 36.1 Å². The van der Waals surface area contributed by atoms with Crippen molar-refractivity contribution >= 4 is 36.1 Å². The highest BCUT2D eigenvalue weighted by Gasteiger charge is 2.55. The van der Waals surface area contributed by atoms with Crippen LogP contribution in [0.5, 0.6) is 0 Å². The molecule has 0 unspecified atom stereocenters. The average molecular weight is 333 g/mol. The third-order valence-electron chi connectivity index (χ3n) is 0.865. The Morgan fingerprint density at radius 2 is 1.00 bits per heavy atom. The molecule has 0 aliphatic carbocycles. The minimum atomic E-state index is -4.64. The Bertz CT molecular complexity index is 425. The van der Waals surface area contributed by atoms with Crippen LogP contribution in [0.15, 0.2) is 0 Å². The fourth-order valence-electron chi connectivity index (χ4n) is 0.698. The van der Waals surface area contributed by atoms with E-state index in [1.807, 2.05) is 0 Å². The van der Waals surface area contributed by atoms with Crippen LogP contribution in [-0.4, -0.2) is 48.9 Å². The summed E-state index contributed by atoms with van der Waals surface area (Å²) < 4.78 is 45.3. The first-order valence-corrected chi connectivity index (χ1v) is 10.8. The molecule has 7 N–H and O–H groups in total.